The van der Waals surface area contributed by atoms with Crippen LogP contribution < -0.4 is 0 Å². The molecule has 0 aliphatic carbocycles. The van der Waals surface area contributed by atoms with E-state index in [1.807, 2.05) is 0 Å². The first-order valence-electron chi connectivity index (χ1n) is 12.5. The SMILES string of the molecule is c1ccc(C2OC2CN2CCN(CCCCn3c4ccccc4c4ccccc43)CC2)cc1. The van der Waals surface area contributed by atoms with Crippen molar-refractivity contribution >= 4 is 21.8 Å². The quantitative estimate of drug-likeness (QED) is 0.274. The first kappa shape index (κ1) is 20.9. The van der Waals surface area contributed by atoms with Crippen molar-refractivity contribution in [2.75, 3.05) is 39.3 Å². The van der Waals surface area contributed by atoms with Gasteiger partial charge in [0.1, 0.15) is 12.2 Å². The molecule has 4 heteroatoms. The van der Waals surface area contributed by atoms with E-state index in [1.54, 1.807) is 0 Å². The summed E-state index contributed by atoms with van der Waals surface area (Å²) in [6.07, 6.45) is 3.16. The molecule has 0 spiro atoms. The van der Waals surface area contributed by atoms with Crippen LogP contribution in [0, 0.1) is 0 Å². The predicted molar refractivity (Wildman–Crippen MR) is 136 cm³/mol. The summed E-state index contributed by atoms with van der Waals surface area (Å²) in [6, 6.07) is 28.3. The highest BCUT2D eigenvalue weighted by Gasteiger charge is 2.41. The summed E-state index contributed by atoms with van der Waals surface area (Å²) in [6.45, 7) is 8.05. The molecule has 6 rings (SSSR count). The van der Waals surface area contributed by atoms with Gasteiger partial charge in [-0.05, 0) is 37.1 Å². The van der Waals surface area contributed by atoms with Crippen LogP contribution in [0.4, 0.5) is 0 Å². The van der Waals surface area contributed by atoms with Crippen molar-refractivity contribution < 1.29 is 4.74 Å². The average Bonchev–Trinajstić information content (AvgIpc) is 3.57. The molecule has 33 heavy (non-hydrogen) atoms. The maximum absolute atomic E-state index is 5.95. The molecule has 0 radical (unpaired) electrons. The molecule has 0 N–H and O–H groups in total. The fourth-order valence-electron chi connectivity index (χ4n) is 5.52. The van der Waals surface area contributed by atoms with Crippen molar-refractivity contribution in [1.82, 2.24) is 14.4 Å². The second kappa shape index (κ2) is 9.30. The molecule has 2 saturated heterocycles. The van der Waals surface area contributed by atoms with Crippen LogP contribution in [-0.2, 0) is 11.3 Å². The molecule has 2 aliphatic heterocycles. The number of unbranched alkanes of at least 4 members (excludes halogenated alkanes) is 1. The van der Waals surface area contributed by atoms with Crippen LogP contribution in [0.1, 0.15) is 24.5 Å². The predicted octanol–water partition coefficient (Wildman–Crippen LogP) is 5.33. The lowest BCUT2D eigenvalue weighted by atomic mass is 10.1. The second-order valence-corrected chi connectivity index (χ2v) is 9.54. The van der Waals surface area contributed by atoms with Gasteiger partial charge in [0.25, 0.3) is 0 Å². The molecular formula is C29H33N3O. The van der Waals surface area contributed by atoms with E-state index in [1.165, 1.54) is 59.8 Å². The van der Waals surface area contributed by atoms with E-state index in [4.69, 9.17) is 4.74 Å². The highest BCUT2D eigenvalue weighted by atomic mass is 16.6. The number of rotatable bonds is 8. The Morgan fingerprint density at radius 3 is 1.91 bits per heavy atom. The molecule has 4 nitrogen and oxygen atoms in total. The summed E-state index contributed by atoms with van der Waals surface area (Å²) in [5, 5.41) is 2.75. The number of benzene rings is 3. The van der Waals surface area contributed by atoms with Crippen molar-refractivity contribution in [3.05, 3.63) is 84.4 Å². The van der Waals surface area contributed by atoms with Crippen LogP contribution in [-0.4, -0.2) is 59.7 Å². The fraction of sp³-hybridized carbons (Fsp3) is 0.379. The minimum Gasteiger partial charge on any atom is -0.363 e. The Labute approximate surface area is 196 Å². The minimum atomic E-state index is 0.310. The number of epoxide rings is 1. The number of nitrogens with zero attached hydrogens (tertiary/aromatic N) is 3. The molecule has 4 aromatic rings. The Morgan fingerprint density at radius 1 is 0.636 bits per heavy atom. The molecular weight excluding hydrogens is 406 g/mol. The van der Waals surface area contributed by atoms with Gasteiger partial charge in [0.05, 0.1) is 0 Å². The molecule has 0 saturated carbocycles. The third-order valence-corrected chi connectivity index (χ3v) is 7.40. The van der Waals surface area contributed by atoms with Crippen LogP contribution in [0.3, 0.4) is 0 Å². The van der Waals surface area contributed by atoms with Crippen molar-refractivity contribution in [2.24, 2.45) is 0 Å². The van der Waals surface area contributed by atoms with Gasteiger partial charge in [-0.25, -0.2) is 0 Å². The first-order valence-corrected chi connectivity index (χ1v) is 12.5. The van der Waals surface area contributed by atoms with Crippen LogP contribution in [0.2, 0.25) is 0 Å². The standard InChI is InChI=1S/C29H33N3O/c1-2-10-23(11-3-1)29-28(33-29)22-31-20-18-30(19-21-31)16-8-9-17-32-26-14-6-4-12-24(26)25-13-5-7-15-27(25)32/h1-7,10-15,28-29H,8-9,16-22H2. The zero-order valence-corrected chi connectivity index (χ0v) is 19.3. The number of hydrogen-bond acceptors (Lipinski definition) is 3. The van der Waals surface area contributed by atoms with E-state index in [2.05, 4.69) is 93.2 Å². The van der Waals surface area contributed by atoms with Gasteiger partial charge < -0.3 is 14.2 Å². The number of hydrogen-bond donors (Lipinski definition) is 0. The van der Waals surface area contributed by atoms with Crippen molar-refractivity contribution in [3.8, 4) is 0 Å². The molecule has 170 valence electrons. The van der Waals surface area contributed by atoms with Gasteiger partial charge in [0.15, 0.2) is 0 Å². The molecule has 0 amide bonds. The lowest BCUT2D eigenvalue weighted by molar-refractivity contribution is 0.123. The zero-order valence-electron chi connectivity index (χ0n) is 19.3. The van der Waals surface area contributed by atoms with Gasteiger partial charge in [-0.1, -0.05) is 66.7 Å². The fourth-order valence-corrected chi connectivity index (χ4v) is 5.52. The number of aryl methyl sites for hydroxylation is 1. The zero-order chi connectivity index (χ0) is 22.0. The van der Waals surface area contributed by atoms with E-state index >= 15 is 0 Å². The maximum Gasteiger partial charge on any atom is 0.110 e. The lowest BCUT2D eigenvalue weighted by Gasteiger charge is -2.34. The smallest absolute Gasteiger partial charge is 0.110 e. The summed E-state index contributed by atoms with van der Waals surface area (Å²) in [5.41, 5.74) is 4.05. The molecule has 1 aromatic heterocycles. The molecule has 3 aromatic carbocycles. The largest absolute Gasteiger partial charge is 0.363 e. The lowest BCUT2D eigenvalue weighted by Crippen LogP contribution is -2.47. The Morgan fingerprint density at radius 2 is 1.21 bits per heavy atom. The van der Waals surface area contributed by atoms with Gasteiger partial charge in [0, 0.05) is 61.1 Å². The van der Waals surface area contributed by atoms with E-state index in [-0.39, 0.29) is 0 Å². The third-order valence-electron chi connectivity index (χ3n) is 7.40. The average molecular weight is 440 g/mol. The van der Waals surface area contributed by atoms with Crippen molar-refractivity contribution in [1.29, 1.82) is 0 Å². The normalized spacial score (nSPS) is 21.7. The van der Waals surface area contributed by atoms with E-state index in [0.717, 1.165) is 26.2 Å². The summed E-state index contributed by atoms with van der Waals surface area (Å²) in [7, 11) is 0. The maximum atomic E-state index is 5.95. The monoisotopic (exact) mass is 439 g/mol. The second-order valence-electron chi connectivity index (χ2n) is 9.54. The summed E-state index contributed by atoms with van der Waals surface area (Å²) >= 11 is 0. The number of aromatic nitrogens is 1. The molecule has 0 bridgehead atoms. The highest BCUT2D eigenvalue weighted by molar-refractivity contribution is 6.07. The van der Waals surface area contributed by atoms with E-state index in [0.29, 0.717) is 12.2 Å². The van der Waals surface area contributed by atoms with Gasteiger partial charge in [-0.3, -0.25) is 4.90 Å². The van der Waals surface area contributed by atoms with Gasteiger partial charge in [-0.15, -0.1) is 0 Å². The summed E-state index contributed by atoms with van der Waals surface area (Å²) in [5.74, 6) is 0. The van der Waals surface area contributed by atoms with Gasteiger partial charge in [0.2, 0.25) is 0 Å². The highest BCUT2D eigenvalue weighted by Crippen LogP contribution is 2.39. The summed E-state index contributed by atoms with van der Waals surface area (Å²) < 4.78 is 8.47. The Bertz CT molecular complexity index is 1160. The van der Waals surface area contributed by atoms with Gasteiger partial charge in [-0.2, -0.15) is 0 Å². The first-order chi connectivity index (χ1) is 16.4. The number of para-hydroxylation sites is 2. The number of piperazine rings is 1. The number of fused-ring (bicyclic) bond motifs is 3. The van der Waals surface area contributed by atoms with Crippen molar-refractivity contribution in [3.63, 3.8) is 0 Å². The van der Waals surface area contributed by atoms with Crippen LogP contribution >= 0.6 is 0 Å². The van der Waals surface area contributed by atoms with Crippen LogP contribution in [0.15, 0.2) is 78.9 Å². The molecule has 2 unspecified atom stereocenters. The Hall–Kier alpha value is -2.66. The Kier molecular flexibility index (Phi) is 5.89. The molecule has 2 atom stereocenters. The Balaban J connectivity index is 0.962. The van der Waals surface area contributed by atoms with Gasteiger partial charge >= 0.3 is 0 Å². The van der Waals surface area contributed by atoms with E-state index in [9.17, 15) is 0 Å². The summed E-state index contributed by atoms with van der Waals surface area (Å²) in [4.78, 5) is 5.23. The topological polar surface area (TPSA) is 23.9 Å². The van der Waals surface area contributed by atoms with Crippen molar-refractivity contribution in [2.45, 2.75) is 31.6 Å². The third kappa shape index (κ3) is 4.43. The molecule has 2 aliphatic rings. The minimum absolute atomic E-state index is 0.310. The van der Waals surface area contributed by atoms with Crippen LogP contribution in [0.25, 0.3) is 21.8 Å². The van der Waals surface area contributed by atoms with Crippen LogP contribution in [0.5, 0.6) is 0 Å². The molecule has 3 heterocycles. The molecule has 2 fully saturated rings. The van der Waals surface area contributed by atoms with E-state index < -0.39 is 0 Å². The number of ether oxygens (including phenoxy) is 1.